The third-order valence-corrected chi connectivity index (χ3v) is 2.40. The van der Waals surface area contributed by atoms with Crippen molar-refractivity contribution in [1.82, 2.24) is 4.98 Å². The predicted molar refractivity (Wildman–Crippen MR) is 49.5 cm³/mol. The number of hydrogen-bond acceptors (Lipinski definition) is 1. The van der Waals surface area contributed by atoms with Crippen molar-refractivity contribution in [3.63, 3.8) is 0 Å². The Bertz CT molecular complexity index is 172. The molecule has 0 saturated heterocycles. The van der Waals surface area contributed by atoms with Crippen LogP contribution in [0.1, 0.15) is 11.3 Å². The van der Waals surface area contributed by atoms with Gasteiger partial charge in [-0.05, 0) is 11.6 Å². The van der Waals surface area contributed by atoms with Gasteiger partial charge in [-0.3, -0.25) is 4.98 Å². The summed E-state index contributed by atoms with van der Waals surface area (Å²) in [5.41, 5.74) is 2.29. The summed E-state index contributed by atoms with van der Waals surface area (Å²) in [6.45, 7) is 0. The van der Waals surface area contributed by atoms with Gasteiger partial charge in [0, 0.05) is 16.9 Å². The third kappa shape index (κ3) is 2.06. The number of nitrogens with zero attached hydrogens (tertiary/aromatic N) is 1. The van der Waals surface area contributed by atoms with Crippen molar-refractivity contribution in [2.75, 3.05) is 0 Å². The summed E-state index contributed by atoms with van der Waals surface area (Å²) in [4.78, 5) is 4.19. The van der Waals surface area contributed by atoms with Crippen molar-refractivity contribution in [2.24, 2.45) is 0 Å². The Morgan fingerprint density at radius 2 is 2.00 bits per heavy atom. The molecule has 0 radical (unpaired) electrons. The molecule has 1 rings (SSSR count). The second-order valence-corrected chi connectivity index (χ2v) is 3.05. The molecule has 0 saturated carbocycles. The molecule has 0 aliphatic heterocycles. The van der Waals surface area contributed by atoms with E-state index in [4.69, 9.17) is 0 Å². The molecule has 0 aliphatic rings. The molecule has 0 atom stereocenters. The number of halogens is 2. The van der Waals surface area contributed by atoms with E-state index in [9.17, 15) is 0 Å². The highest BCUT2D eigenvalue weighted by molar-refractivity contribution is 9.08. The fraction of sp³-hybridized carbons (Fsp3) is 0.286. The van der Waals surface area contributed by atoms with Gasteiger partial charge in [0.25, 0.3) is 0 Å². The molecule has 10 heavy (non-hydrogen) atoms. The summed E-state index contributed by atoms with van der Waals surface area (Å²) in [5, 5.41) is 1.71. The molecule has 0 unspecified atom stereocenters. The van der Waals surface area contributed by atoms with Crippen molar-refractivity contribution in [3.8, 4) is 0 Å². The summed E-state index contributed by atoms with van der Waals surface area (Å²) in [6, 6.07) is 4.09. The van der Waals surface area contributed by atoms with Crippen LogP contribution in [0.15, 0.2) is 18.3 Å². The lowest BCUT2D eigenvalue weighted by atomic mass is 10.3. The average molecular weight is 265 g/mol. The second kappa shape index (κ2) is 4.09. The first-order chi connectivity index (χ1) is 4.86. The molecule has 54 valence electrons. The monoisotopic (exact) mass is 263 g/mol. The summed E-state index contributed by atoms with van der Waals surface area (Å²) in [7, 11) is 0. The number of rotatable bonds is 2. The lowest BCUT2D eigenvalue weighted by molar-refractivity contribution is 1.15. The molecule has 1 aromatic rings. The van der Waals surface area contributed by atoms with Crippen molar-refractivity contribution >= 4 is 31.9 Å². The van der Waals surface area contributed by atoms with Gasteiger partial charge >= 0.3 is 0 Å². The van der Waals surface area contributed by atoms with E-state index < -0.39 is 0 Å². The minimum atomic E-state index is 0.829. The van der Waals surface area contributed by atoms with Crippen LogP contribution in [0, 0.1) is 0 Å². The molecule has 1 nitrogen and oxygen atoms in total. The fourth-order valence-electron chi connectivity index (χ4n) is 0.613. The number of alkyl halides is 2. The molecule has 3 heteroatoms. The van der Waals surface area contributed by atoms with Gasteiger partial charge in [-0.1, -0.05) is 37.9 Å². The average Bonchev–Trinajstić information content (AvgIpc) is 2.05. The molecular formula is C7H7Br2N. The maximum Gasteiger partial charge on any atom is 0.0509 e. The number of hydrogen-bond donors (Lipinski definition) is 0. The molecule has 1 aromatic heterocycles. The van der Waals surface area contributed by atoms with Crippen LogP contribution in [0.4, 0.5) is 0 Å². The molecular weight excluding hydrogens is 258 g/mol. The van der Waals surface area contributed by atoms with Crippen molar-refractivity contribution in [2.45, 2.75) is 10.7 Å². The first-order valence-corrected chi connectivity index (χ1v) is 5.17. The second-order valence-electron chi connectivity index (χ2n) is 1.93. The smallest absolute Gasteiger partial charge is 0.0509 e. The first kappa shape index (κ1) is 8.21. The van der Waals surface area contributed by atoms with Crippen LogP contribution in [0.3, 0.4) is 0 Å². The van der Waals surface area contributed by atoms with Crippen molar-refractivity contribution in [3.05, 3.63) is 29.6 Å². The predicted octanol–water partition coefficient (Wildman–Crippen LogP) is 2.87. The van der Waals surface area contributed by atoms with Gasteiger partial charge in [0.15, 0.2) is 0 Å². The number of aromatic nitrogens is 1. The van der Waals surface area contributed by atoms with E-state index in [1.54, 1.807) is 0 Å². The molecule has 0 aliphatic carbocycles. The molecule has 0 N–H and O–H groups in total. The largest absolute Gasteiger partial charge is 0.260 e. The highest BCUT2D eigenvalue weighted by Crippen LogP contribution is 2.06. The van der Waals surface area contributed by atoms with Crippen LogP contribution in [0.2, 0.25) is 0 Å². The Labute approximate surface area is 77.1 Å². The van der Waals surface area contributed by atoms with E-state index in [0.29, 0.717) is 0 Å². The zero-order valence-electron chi connectivity index (χ0n) is 5.35. The Morgan fingerprint density at radius 1 is 1.20 bits per heavy atom. The quantitative estimate of drug-likeness (QED) is 0.749. The zero-order valence-corrected chi connectivity index (χ0v) is 8.52. The van der Waals surface area contributed by atoms with Crippen LogP contribution >= 0.6 is 31.9 Å². The van der Waals surface area contributed by atoms with E-state index in [2.05, 4.69) is 42.9 Å². The highest BCUT2D eigenvalue weighted by Gasteiger charge is 1.91. The lowest BCUT2D eigenvalue weighted by Gasteiger charge is -1.95. The standard InChI is InChI=1S/C7H7Br2N/c8-3-6-1-2-7(4-9)10-5-6/h1-2,5H,3-4H2. The van der Waals surface area contributed by atoms with Crippen molar-refractivity contribution in [1.29, 1.82) is 0 Å². The van der Waals surface area contributed by atoms with Crippen LogP contribution < -0.4 is 0 Å². The van der Waals surface area contributed by atoms with E-state index in [1.807, 2.05) is 12.3 Å². The minimum absolute atomic E-state index is 0.829. The van der Waals surface area contributed by atoms with Gasteiger partial charge < -0.3 is 0 Å². The van der Waals surface area contributed by atoms with E-state index in [0.717, 1.165) is 16.4 Å². The SMILES string of the molecule is BrCc1ccc(CBr)nc1. The summed E-state index contributed by atoms with van der Waals surface area (Å²) in [6.07, 6.45) is 1.88. The minimum Gasteiger partial charge on any atom is -0.260 e. The van der Waals surface area contributed by atoms with Crippen LogP contribution in [-0.2, 0) is 10.7 Å². The summed E-state index contributed by atoms with van der Waals surface area (Å²) >= 11 is 6.68. The molecule has 0 bridgehead atoms. The lowest BCUT2D eigenvalue weighted by Crippen LogP contribution is -1.85. The Morgan fingerprint density at radius 3 is 2.40 bits per heavy atom. The van der Waals surface area contributed by atoms with E-state index in [1.165, 1.54) is 5.56 Å². The van der Waals surface area contributed by atoms with Crippen molar-refractivity contribution < 1.29 is 0 Å². The van der Waals surface area contributed by atoms with Gasteiger partial charge in [0.1, 0.15) is 0 Å². The molecule has 0 fully saturated rings. The van der Waals surface area contributed by atoms with Crippen LogP contribution in [0.25, 0.3) is 0 Å². The molecule has 0 amide bonds. The normalized spacial score (nSPS) is 9.80. The topological polar surface area (TPSA) is 12.9 Å². The number of pyridine rings is 1. The van der Waals surface area contributed by atoms with Crippen LogP contribution in [0.5, 0.6) is 0 Å². The van der Waals surface area contributed by atoms with Gasteiger partial charge in [-0.15, -0.1) is 0 Å². The maximum atomic E-state index is 4.19. The van der Waals surface area contributed by atoms with E-state index >= 15 is 0 Å². The van der Waals surface area contributed by atoms with E-state index in [-0.39, 0.29) is 0 Å². The fourth-order valence-corrected chi connectivity index (χ4v) is 1.28. The van der Waals surface area contributed by atoms with Crippen LogP contribution in [-0.4, -0.2) is 4.98 Å². The Hall–Kier alpha value is 0.110. The Balaban J connectivity index is 2.80. The molecule has 1 heterocycles. The Kier molecular flexibility index (Phi) is 3.35. The first-order valence-electron chi connectivity index (χ1n) is 2.92. The zero-order chi connectivity index (χ0) is 7.40. The highest BCUT2D eigenvalue weighted by atomic mass is 79.9. The molecule has 0 aromatic carbocycles. The van der Waals surface area contributed by atoms with Gasteiger partial charge in [0.05, 0.1) is 5.69 Å². The maximum absolute atomic E-state index is 4.19. The van der Waals surface area contributed by atoms with Gasteiger partial charge in [-0.25, -0.2) is 0 Å². The molecule has 0 spiro atoms. The third-order valence-electron chi connectivity index (χ3n) is 1.18. The van der Waals surface area contributed by atoms with Gasteiger partial charge in [0.2, 0.25) is 0 Å². The van der Waals surface area contributed by atoms with Gasteiger partial charge in [-0.2, -0.15) is 0 Å². The summed E-state index contributed by atoms with van der Waals surface area (Å²) in [5.74, 6) is 0. The summed E-state index contributed by atoms with van der Waals surface area (Å²) < 4.78 is 0.